The summed E-state index contributed by atoms with van der Waals surface area (Å²) < 4.78 is 0. The van der Waals surface area contributed by atoms with Crippen molar-refractivity contribution in [2.24, 2.45) is 10.9 Å². The summed E-state index contributed by atoms with van der Waals surface area (Å²) in [5.74, 6) is 1.69. The van der Waals surface area contributed by atoms with Gasteiger partial charge in [-0.3, -0.25) is 0 Å². The average Bonchev–Trinajstić information content (AvgIpc) is 2.59. The number of benzene rings is 1. The zero-order valence-electron chi connectivity index (χ0n) is 16.0. The summed E-state index contributed by atoms with van der Waals surface area (Å²) in [6.45, 7) is 9.30. The average molecular weight is 476 g/mol. The van der Waals surface area contributed by atoms with Gasteiger partial charge in [0, 0.05) is 18.0 Å². The van der Waals surface area contributed by atoms with E-state index in [1.165, 1.54) is 42.0 Å². The van der Waals surface area contributed by atoms with Crippen molar-refractivity contribution >= 4 is 41.7 Å². The monoisotopic (exact) mass is 476 g/mol. The Morgan fingerprint density at radius 2 is 2.00 bits per heavy atom. The fourth-order valence-corrected chi connectivity index (χ4v) is 3.69. The van der Waals surface area contributed by atoms with Crippen LogP contribution in [-0.4, -0.2) is 50.3 Å². The standard InChI is InChI=1S/C19H32N4S.HI/c1-5-20-19(21-13-16-8-10-23(3)11-9-16)22-14-17-7-6-15(2)12-18(17)24-4;/h6-7,12,16H,5,8-11,13-14H2,1-4H3,(H2,20,21,22);1H. The Labute approximate surface area is 174 Å². The minimum Gasteiger partial charge on any atom is -0.357 e. The number of rotatable bonds is 6. The number of aryl methyl sites for hydroxylation is 1. The van der Waals surface area contributed by atoms with Crippen molar-refractivity contribution in [1.82, 2.24) is 15.5 Å². The second-order valence-electron chi connectivity index (χ2n) is 6.64. The number of likely N-dealkylation sites (tertiary alicyclic amines) is 1. The third-order valence-electron chi connectivity index (χ3n) is 4.59. The molecule has 2 rings (SSSR count). The van der Waals surface area contributed by atoms with E-state index < -0.39 is 0 Å². The van der Waals surface area contributed by atoms with Gasteiger partial charge in [0.2, 0.25) is 0 Å². The summed E-state index contributed by atoms with van der Waals surface area (Å²) in [4.78, 5) is 8.53. The summed E-state index contributed by atoms with van der Waals surface area (Å²) in [7, 11) is 2.21. The molecule has 1 aromatic carbocycles. The summed E-state index contributed by atoms with van der Waals surface area (Å²) in [5, 5.41) is 6.91. The molecule has 0 spiro atoms. The quantitative estimate of drug-likeness (QED) is 0.284. The Hall–Kier alpha value is -0.470. The molecule has 0 unspecified atom stereocenters. The molecule has 0 aliphatic carbocycles. The van der Waals surface area contributed by atoms with E-state index in [1.54, 1.807) is 11.8 Å². The predicted molar refractivity (Wildman–Crippen MR) is 121 cm³/mol. The molecule has 142 valence electrons. The van der Waals surface area contributed by atoms with Crippen molar-refractivity contribution in [3.8, 4) is 0 Å². The smallest absolute Gasteiger partial charge is 0.191 e. The van der Waals surface area contributed by atoms with Crippen molar-refractivity contribution in [3.05, 3.63) is 29.3 Å². The lowest BCUT2D eigenvalue weighted by atomic mass is 9.97. The van der Waals surface area contributed by atoms with E-state index in [-0.39, 0.29) is 24.0 Å². The highest BCUT2D eigenvalue weighted by atomic mass is 127. The first-order valence-electron chi connectivity index (χ1n) is 8.96. The molecule has 0 aromatic heterocycles. The number of thioether (sulfide) groups is 1. The molecule has 1 heterocycles. The molecule has 0 atom stereocenters. The van der Waals surface area contributed by atoms with Crippen LogP contribution in [0, 0.1) is 12.8 Å². The van der Waals surface area contributed by atoms with Crippen LogP contribution in [0.4, 0.5) is 0 Å². The van der Waals surface area contributed by atoms with Crippen molar-refractivity contribution in [2.75, 3.05) is 39.5 Å². The summed E-state index contributed by atoms with van der Waals surface area (Å²) in [6, 6.07) is 6.61. The van der Waals surface area contributed by atoms with Crippen molar-refractivity contribution < 1.29 is 0 Å². The Kier molecular flexibility index (Phi) is 10.8. The maximum absolute atomic E-state index is 4.79. The van der Waals surface area contributed by atoms with Crippen LogP contribution < -0.4 is 10.6 Å². The summed E-state index contributed by atoms with van der Waals surface area (Å²) >= 11 is 1.80. The van der Waals surface area contributed by atoms with Crippen LogP contribution in [0.3, 0.4) is 0 Å². The van der Waals surface area contributed by atoms with E-state index in [9.17, 15) is 0 Å². The maximum atomic E-state index is 4.79. The van der Waals surface area contributed by atoms with Crippen LogP contribution >= 0.6 is 35.7 Å². The zero-order chi connectivity index (χ0) is 17.4. The normalized spacial score (nSPS) is 16.4. The lowest BCUT2D eigenvalue weighted by Gasteiger charge is -2.29. The van der Waals surface area contributed by atoms with Gasteiger partial charge in [0.05, 0.1) is 6.54 Å². The molecule has 1 saturated heterocycles. The minimum atomic E-state index is 0. The lowest BCUT2D eigenvalue weighted by molar-refractivity contribution is 0.220. The highest BCUT2D eigenvalue weighted by Crippen LogP contribution is 2.22. The molecule has 2 N–H and O–H groups in total. The molecule has 0 radical (unpaired) electrons. The first kappa shape index (κ1) is 22.6. The summed E-state index contributed by atoms with van der Waals surface area (Å²) in [6.07, 6.45) is 4.68. The van der Waals surface area contributed by atoms with Gasteiger partial charge in [-0.05, 0) is 76.2 Å². The van der Waals surface area contributed by atoms with Gasteiger partial charge < -0.3 is 15.5 Å². The van der Waals surface area contributed by atoms with Crippen molar-refractivity contribution in [1.29, 1.82) is 0 Å². The van der Waals surface area contributed by atoms with Gasteiger partial charge in [0.1, 0.15) is 0 Å². The SMILES string of the molecule is CCNC(=NCc1ccc(C)cc1SC)NCC1CCN(C)CC1.I. The number of hydrogen-bond acceptors (Lipinski definition) is 3. The third kappa shape index (κ3) is 7.74. The first-order chi connectivity index (χ1) is 11.6. The van der Waals surface area contributed by atoms with Gasteiger partial charge in [-0.15, -0.1) is 35.7 Å². The van der Waals surface area contributed by atoms with Gasteiger partial charge in [-0.25, -0.2) is 4.99 Å². The van der Waals surface area contributed by atoms with Gasteiger partial charge in [0.15, 0.2) is 5.96 Å². The molecule has 0 saturated carbocycles. The Balaban J connectivity index is 0.00000312. The van der Waals surface area contributed by atoms with Crippen LogP contribution in [0.5, 0.6) is 0 Å². The second-order valence-corrected chi connectivity index (χ2v) is 7.49. The van der Waals surface area contributed by atoms with E-state index >= 15 is 0 Å². The number of guanidine groups is 1. The Morgan fingerprint density at radius 1 is 1.28 bits per heavy atom. The van der Waals surface area contributed by atoms with E-state index in [0.29, 0.717) is 0 Å². The Bertz CT molecular complexity index is 542. The molecule has 0 amide bonds. The third-order valence-corrected chi connectivity index (χ3v) is 5.41. The first-order valence-corrected chi connectivity index (χ1v) is 10.2. The van der Waals surface area contributed by atoms with Crippen LogP contribution in [-0.2, 0) is 6.54 Å². The molecular formula is C19H33IN4S. The molecule has 1 aliphatic rings. The van der Waals surface area contributed by atoms with Gasteiger partial charge >= 0.3 is 0 Å². The van der Waals surface area contributed by atoms with E-state index in [0.717, 1.165) is 31.5 Å². The van der Waals surface area contributed by atoms with Gasteiger partial charge in [-0.2, -0.15) is 0 Å². The number of nitrogens with zero attached hydrogens (tertiary/aromatic N) is 2. The molecule has 1 aliphatic heterocycles. The van der Waals surface area contributed by atoms with E-state index in [1.807, 2.05) is 0 Å². The van der Waals surface area contributed by atoms with Crippen LogP contribution in [0.15, 0.2) is 28.1 Å². The lowest BCUT2D eigenvalue weighted by Crippen LogP contribution is -2.42. The molecule has 1 aromatic rings. The zero-order valence-corrected chi connectivity index (χ0v) is 19.1. The van der Waals surface area contributed by atoms with Crippen molar-refractivity contribution in [3.63, 3.8) is 0 Å². The van der Waals surface area contributed by atoms with Crippen LogP contribution in [0.1, 0.15) is 30.9 Å². The highest BCUT2D eigenvalue weighted by Gasteiger charge is 2.16. The van der Waals surface area contributed by atoms with Crippen LogP contribution in [0.2, 0.25) is 0 Å². The van der Waals surface area contributed by atoms with Crippen LogP contribution in [0.25, 0.3) is 0 Å². The summed E-state index contributed by atoms with van der Waals surface area (Å²) in [5.41, 5.74) is 2.60. The van der Waals surface area contributed by atoms with Gasteiger partial charge in [0.25, 0.3) is 0 Å². The molecular weight excluding hydrogens is 443 g/mol. The fourth-order valence-electron chi connectivity index (χ4n) is 3.00. The maximum Gasteiger partial charge on any atom is 0.191 e. The van der Waals surface area contributed by atoms with Crippen molar-refractivity contribution in [2.45, 2.75) is 38.1 Å². The molecule has 25 heavy (non-hydrogen) atoms. The number of hydrogen-bond donors (Lipinski definition) is 2. The number of halogens is 1. The molecule has 4 nitrogen and oxygen atoms in total. The molecule has 1 fully saturated rings. The molecule has 6 heteroatoms. The van der Waals surface area contributed by atoms with E-state index in [2.05, 4.69) is 60.9 Å². The predicted octanol–water partition coefficient (Wildman–Crippen LogP) is 3.73. The van der Waals surface area contributed by atoms with E-state index in [4.69, 9.17) is 4.99 Å². The van der Waals surface area contributed by atoms with Gasteiger partial charge in [-0.1, -0.05) is 12.1 Å². The topological polar surface area (TPSA) is 39.7 Å². The fraction of sp³-hybridized carbons (Fsp3) is 0.632. The Morgan fingerprint density at radius 3 is 2.64 bits per heavy atom. The second kappa shape index (κ2) is 12.0. The molecule has 0 bridgehead atoms. The highest BCUT2D eigenvalue weighted by molar-refractivity contribution is 14.0. The minimum absolute atomic E-state index is 0. The number of nitrogens with one attached hydrogen (secondary N) is 2. The number of piperidine rings is 1. The number of aliphatic imine (C=N–C) groups is 1. The largest absolute Gasteiger partial charge is 0.357 e.